The number of piperidine rings is 1. The number of fused-ring (bicyclic) bond motifs is 1. The molecule has 174 valence electrons. The molecule has 0 spiro atoms. The van der Waals surface area contributed by atoms with Crippen molar-refractivity contribution in [1.29, 1.82) is 0 Å². The first-order valence-corrected chi connectivity index (χ1v) is 11.5. The van der Waals surface area contributed by atoms with Crippen LogP contribution in [0.3, 0.4) is 0 Å². The third-order valence-corrected chi connectivity index (χ3v) is 6.45. The normalized spacial score (nSPS) is 14.4. The van der Waals surface area contributed by atoms with Gasteiger partial charge >= 0.3 is 0 Å². The summed E-state index contributed by atoms with van der Waals surface area (Å²) in [7, 11) is 0. The number of nitrogens with zero attached hydrogens (tertiary/aromatic N) is 1. The van der Waals surface area contributed by atoms with E-state index < -0.39 is 0 Å². The van der Waals surface area contributed by atoms with Crippen LogP contribution in [0.25, 0.3) is 22.2 Å². The number of hydrogen-bond acceptors (Lipinski definition) is 3. The molecule has 0 aliphatic carbocycles. The molecule has 2 aromatic carbocycles. The highest BCUT2D eigenvalue weighted by atomic mass is 19.1. The van der Waals surface area contributed by atoms with Gasteiger partial charge in [-0.3, -0.25) is 9.59 Å². The molecule has 7 heteroatoms. The van der Waals surface area contributed by atoms with Crippen molar-refractivity contribution < 1.29 is 18.4 Å². The second kappa shape index (κ2) is 9.55. The second-order valence-corrected chi connectivity index (χ2v) is 8.68. The van der Waals surface area contributed by atoms with E-state index >= 15 is 0 Å². The molecule has 1 aliphatic heterocycles. The van der Waals surface area contributed by atoms with Gasteiger partial charge in [0, 0.05) is 42.1 Å². The van der Waals surface area contributed by atoms with Gasteiger partial charge in [0.2, 0.25) is 5.91 Å². The van der Waals surface area contributed by atoms with E-state index in [0.717, 1.165) is 27.7 Å². The number of aromatic nitrogens is 1. The minimum absolute atomic E-state index is 0.0370. The molecule has 0 radical (unpaired) electrons. The lowest BCUT2D eigenvalue weighted by molar-refractivity contribution is -0.122. The van der Waals surface area contributed by atoms with Crippen LogP contribution in [0.4, 0.5) is 4.39 Å². The van der Waals surface area contributed by atoms with E-state index in [2.05, 4.69) is 10.3 Å². The summed E-state index contributed by atoms with van der Waals surface area (Å²) < 4.78 is 19.0. The average molecular weight is 460 g/mol. The number of carbonyl (C=O) groups excluding carboxylic acids is 2. The molecular weight excluding hydrogens is 433 g/mol. The van der Waals surface area contributed by atoms with Crippen molar-refractivity contribution in [2.45, 2.75) is 31.7 Å². The summed E-state index contributed by atoms with van der Waals surface area (Å²) in [5, 5.41) is 3.92. The van der Waals surface area contributed by atoms with Gasteiger partial charge in [0.15, 0.2) is 0 Å². The number of aryl methyl sites for hydroxylation is 1. The predicted molar refractivity (Wildman–Crippen MR) is 128 cm³/mol. The lowest BCUT2D eigenvalue weighted by atomic mass is 10.00. The fraction of sp³-hybridized carbons (Fsp3) is 0.259. The molecule has 2 amide bonds. The first-order chi connectivity index (χ1) is 16.6. The molecular formula is C27H26FN3O3. The Kier molecular flexibility index (Phi) is 6.16. The molecule has 1 fully saturated rings. The lowest BCUT2D eigenvalue weighted by Gasteiger charge is -2.32. The standard InChI is InChI=1S/C27H26FN3O3/c28-20-6-8-24-23(16-20)22(26(30-24)18-4-2-1-3-5-18)7-9-25(32)29-21-10-13-31(14-11-21)27(33)19-12-15-34-17-19/h1-6,8,12,15-17,21,30H,7,9-11,13-14H2,(H,29,32). The number of nitrogens with one attached hydrogen (secondary N) is 2. The van der Waals surface area contributed by atoms with Gasteiger partial charge < -0.3 is 19.6 Å². The number of benzene rings is 2. The van der Waals surface area contributed by atoms with Crippen LogP contribution in [0.1, 0.15) is 35.2 Å². The van der Waals surface area contributed by atoms with E-state index in [9.17, 15) is 14.0 Å². The zero-order valence-corrected chi connectivity index (χ0v) is 18.7. The van der Waals surface area contributed by atoms with Crippen LogP contribution in [0.5, 0.6) is 0 Å². The molecule has 2 aromatic heterocycles. The molecule has 4 aromatic rings. The fourth-order valence-corrected chi connectivity index (χ4v) is 4.66. The lowest BCUT2D eigenvalue weighted by Crippen LogP contribution is -2.46. The van der Waals surface area contributed by atoms with Gasteiger partial charge in [-0.15, -0.1) is 0 Å². The topological polar surface area (TPSA) is 78.3 Å². The second-order valence-electron chi connectivity index (χ2n) is 8.68. The number of aromatic amines is 1. The van der Waals surface area contributed by atoms with E-state index in [-0.39, 0.29) is 23.7 Å². The molecule has 6 nitrogen and oxygen atoms in total. The number of likely N-dealkylation sites (tertiary alicyclic amines) is 1. The molecule has 1 saturated heterocycles. The number of carbonyl (C=O) groups is 2. The maximum absolute atomic E-state index is 14.0. The fourth-order valence-electron chi connectivity index (χ4n) is 4.66. The molecule has 0 unspecified atom stereocenters. The monoisotopic (exact) mass is 459 g/mol. The minimum atomic E-state index is -0.298. The Morgan fingerprint density at radius 1 is 1.09 bits per heavy atom. The molecule has 5 rings (SSSR count). The van der Waals surface area contributed by atoms with Crippen LogP contribution in [0.15, 0.2) is 71.5 Å². The molecule has 0 atom stereocenters. The Morgan fingerprint density at radius 3 is 2.62 bits per heavy atom. The van der Waals surface area contributed by atoms with Gasteiger partial charge in [-0.1, -0.05) is 30.3 Å². The number of rotatable bonds is 6. The van der Waals surface area contributed by atoms with Gasteiger partial charge in [0.25, 0.3) is 5.91 Å². The summed E-state index contributed by atoms with van der Waals surface area (Å²) >= 11 is 0. The molecule has 0 bridgehead atoms. The maximum Gasteiger partial charge on any atom is 0.257 e. The van der Waals surface area contributed by atoms with Crippen LogP contribution in [-0.2, 0) is 11.2 Å². The summed E-state index contributed by atoms with van der Waals surface area (Å²) in [5.74, 6) is -0.378. The van der Waals surface area contributed by atoms with Crippen LogP contribution in [-0.4, -0.2) is 40.8 Å². The Balaban J connectivity index is 1.22. The Labute approximate surface area is 196 Å². The highest BCUT2D eigenvalue weighted by molar-refractivity contribution is 5.94. The summed E-state index contributed by atoms with van der Waals surface area (Å²) in [6.45, 7) is 1.18. The molecule has 34 heavy (non-hydrogen) atoms. The van der Waals surface area contributed by atoms with E-state index in [1.807, 2.05) is 30.3 Å². The quantitative estimate of drug-likeness (QED) is 0.430. The zero-order chi connectivity index (χ0) is 23.5. The smallest absolute Gasteiger partial charge is 0.257 e. The largest absolute Gasteiger partial charge is 0.472 e. The zero-order valence-electron chi connectivity index (χ0n) is 18.7. The molecule has 3 heterocycles. The molecule has 0 saturated carbocycles. The van der Waals surface area contributed by atoms with Gasteiger partial charge in [-0.2, -0.15) is 0 Å². The number of halogens is 1. The molecule has 2 N–H and O–H groups in total. The van der Waals surface area contributed by atoms with Crippen molar-refractivity contribution in [3.63, 3.8) is 0 Å². The van der Waals surface area contributed by atoms with Gasteiger partial charge in [0.1, 0.15) is 12.1 Å². The third kappa shape index (κ3) is 4.59. The Morgan fingerprint density at radius 2 is 1.88 bits per heavy atom. The van der Waals surface area contributed by atoms with Crippen LogP contribution in [0, 0.1) is 5.82 Å². The van der Waals surface area contributed by atoms with Gasteiger partial charge in [-0.25, -0.2) is 4.39 Å². The Hall–Kier alpha value is -3.87. The third-order valence-electron chi connectivity index (χ3n) is 6.45. The van der Waals surface area contributed by atoms with Crippen molar-refractivity contribution in [2.24, 2.45) is 0 Å². The van der Waals surface area contributed by atoms with Crippen LogP contribution >= 0.6 is 0 Å². The highest BCUT2D eigenvalue weighted by Crippen LogP contribution is 2.32. The molecule has 1 aliphatic rings. The van der Waals surface area contributed by atoms with E-state index in [1.165, 1.54) is 24.7 Å². The minimum Gasteiger partial charge on any atom is -0.472 e. The van der Waals surface area contributed by atoms with Crippen molar-refractivity contribution >= 4 is 22.7 Å². The summed E-state index contributed by atoms with van der Waals surface area (Å²) in [4.78, 5) is 30.4. The van der Waals surface area contributed by atoms with Gasteiger partial charge in [0.05, 0.1) is 11.8 Å². The summed E-state index contributed by atoms with van der Waals surface area (Å²) in [5.41, 5.74) is 4.26. The van der Waals surface area contributed by atoms with E-state index in [0.29, 0.717) is 44.3 Å². The number of H-pyrrole nitrogens is 1. The number of furan rings is 1. The van der Waals surface area contributed by atoms with Crippen LogP contribution < -0.4 is 5.32 Å². The highest BCUT2D eigenvalue weighted by Gasteiger charge is 2.25. The SMILES string of the molecule is O=C(CCc1c(-c2ccccc2)[nH]c2ccc(F)cc12)NC1CCN(C(=O)c2ccoc2)CC1. The summed E-state index contributed by atoms with van der Waals surface area (Å²) in [6.07, 6.45) is 5.17. The number of amides is 2. The van der Waals surface area contributed by atoms with Crippen LogP contribution in [0.2, 0.25) is 0 Å². The number of hydrogen-bond donors (Lipinski definition) is 2. The van der Waals surface area contributed by atoms with Crippen molar-refractivity contribution in [3.8, 4) is 11.3 Å². The van der Waals surface area contributed by atoms with Crippen molar-refractivity contribution in [3.05, 3.63) is 84.1 Å². The first kappa shape index (κ1) is 21.9. The predicted octanol–water partition coefficient (Wildman–Crippen LogP) is 4.92. The van der Waals surface area contributed by atoms with Crippen molar-refractivity contribution in [2.75, 3.05) is 13.1 Å². The van der Waals surface area contributed by atoms with Crippen molar-refractivity contribution in [1.82, 2.24) is 15.2 Å². The van der Waals surface area contributed by atoms with Gasteiger partial charge in [-0.05, 0) is 54.7 Å². The summed E-state index contributed by atoms with van der Waals surface area (Å²) in [6, 6.07) is 16.3. The van der Waals surface area contributed by atoms with E-state index in [4.69, 9.17) is 4.42 Å². The van der Waals surface area contributed by atoms with E-state index in [1.54, 1.807) is 17.0 Å². The maximum atomic E-state index is 14.0. The average Bonchev–Trinajstić information content (AvgIpc) is 3.52. The first-order valence-electron chi connectivity index (χ1n) is 11.5. The Bertz CT molecular complexity index is 1290.